The summed E-state index contributed by atoms with van der Waals surface area (Å²) in [5, 5.41) is 0. The van der Waals surface area contributed by atoms with Gasteiger partial charge in [0.15, 0.2) is 0 Å². The number of aryl methyl sites for hydroxylation is 2. The van der Waals surface area contributed by atoms with Crippen LogP contribution in [0.1, 0.15) is 31.3 Å². The Labute approximate surface area is 119 Å². The number of hydrogen-bond donors (Lipinski definition) is 0. The number of aromatic nitrogens is 2. The number of halogens is 1. The fourth-order valence-corrected chi connectivity index (χ4v) is 2.54. The first-order chi connectivity index (χ1) is 9.17. The largest absolute Gasteiger partial charge is 0.380 e. The number of ether oxygens (including phenoxy) is 1. The number of nitrogens with zero attached hydrogens (tertiary/aromatic N) is 2. The topological polar surface area (TPSA) is 27.1 Å². The first-order valence-electron chi connectivity index (χ1n) is 6.78. The van der Waals surface area contributed by atoms with Crippen LogP contribution in [-0.2, 0) is 11.2 Å². The molecule has 0 saturated heterocycles. The molecule has 0 amide bonds. The van der Waals surface area contributed by atoms with Gasteiger partial charge in [-0.05, 0) is 38.5 Å². The SMILES string of the molecule is CCOCC(C)n1c(CCCl)nc2ccc(C)cc21. The summed E-state index contributed by atoms with van der Waals surface area (Å²) in [5.41, 5.74) is 3.45. The molecule has 0 bridgehead atoms. The van der Waals surface area contributed by atoms with E-state index in [9.17, 15) is 0 Å². The zero-order chi connectivity index (χ0) is 13.8. The highest BCUT2D eigenvalue weighted by atomic mass is 35.5. The van der Waals surface area contributed by atoms with E-state index in [1.165, 1.54) is 11.1 Å². The van der Waals surface area contributed by atoms with E-state index in [4.69, 9.17) is 21.3 Å². The molecule has 0 N–H and O–H groups in total. The van der Waals surface area contributed by atoms with Crippen molar-refractivity contribution in [2.24, 2.45) is 0 Å². The van der Waals surface area contributed by atoms with E-state index >= 15 is 0 Å². The van der Waals surface area contributed by atoms with Crippen molar-refractivity contribution in [2.75, 3.05) is 19.1 Å². The van der Waals surface area contributed by atoms with Crippen LogP contribution in [-0.4, -0.2) is 28.6 Å². The molecule has 0 saturated carbocycles. The van der Waals surface area contributed by atoms with Crippen molar-refractivity contribution in [2.45, 2.75) is 33.2 Å². The van der Waals surface area contributed by atoms with Gasteiger partial charge in [0.05, 0.1) is 23.7 Å². The molecule has 1 aromatic heterocycles. The van der Waals surface area contributed by atoms with Gasteiger partial charge in [-0.25, -0.2) is 4.98 Å². The molecule has 1 atom stereocenters. The molecule has 0 aliphatic carbocycles. The molecule has 2 aromatic rings. The average molecular weight is 281 g/mol. The predicted molar refractivity (Wildman–Crippen MR) is 80.1 cm³/mol. The van der Waals surface area contributed by atoms with Crippen LogP contribution in [0.2, 0.25) is 0 Å². The van der Waals surface area contributed by atoms with Gasteiger partial charge in [0, 0.05) is 18.9 Å². The summed E-state index contributed by atoms with van der Waals surface area (Å²) < 4.78 is 7.81. The minimum Gasteiger partial charge on any atom is -0.380 e. The molecule has 0 radical (unpaired) electrons. The van der Waals surface area contributed by atoms with Crippen molar-refractivity contribution in [1.29, 1.82) is 0 Å². The Morgan fingerprint density at radius 3 is 2.89 bits per heavy atom. The first kappa shape index (κ1) is 14.4. The lowest BCUT2D eigenvalue weighted by molar-refractivity contribution is 0.119. The van der Waals surface area contributed by atoms with Gasteiger partial charge < -0.3 is 9.30 Å². The van der Waals surface area contributed by atoms with E-state index in [-0.39, 0.29) is 6.04 Å². The van der Waals surface area contributed by atoms with Crippen LogP contribution in [0.15, 0.2) is 18.2 Å². The maximum Gasteiger partial charge on any atom is 0.111 e. The van der Waals surface area contributed by atoms with Crippen molar-refractivity contribution in [1.82, 2.24) is 9.55 Å². The van der Waals surface area contributed by atoms with Gasteiger partial charge in [0.1, 0.15) is 5.82 Å². The Bertz CT molecular complexity index is 550. The molecule has 3 nitrogen and oxygen atoms in total. The summed E-state index contributed by atoms with van der Waals surface area (Å²) in [6.07, 6.45) is 0.783. The quantitative estimate of drug-likeness (QED) is 0.754. The zero-order valence-corrected chi connectivity index (χ0v) is 12.6. The molecule has 0 aliphatic rings. The second kappa shape index (κ2) is 6.40. The number of benzene rings is 1. The molecule has 19 heavy (non-hydrogen) atoms. The molecule has 104 valence electrons. The van der Waals surface area contributed by atoms with Crippen molar-refractivity contribution in [3.8, 4) is 0 Å². The Balaban J connectivity index is 2.46. The predicted octanol–water partition coefficient (Wildman–Crippen LogP) is 3.72. The lowest BCUT2D eigenvalue weighted by Crippen LogP contribution is -2.15. The van der Waals surface area contributed by atoms with Gasteiger partial charge in [-0.3, -0.25) is 0 Å². The maximum atomic E-state index is 5.89. The van der Waals surface area contributed by atoms with Crippen molar-refractivity contribution in [3.63, 3.8) is 0 Å². The normalized spacial score (nSPS) is 13.1. The molecule has 1 aromatic carbocycles. The molecule has 1 unspecified atom stereocenters. The lowest BCUT2D eigenvalue weighted by Gasteiger charge is -2.17. The lowest BCUT2D eigenvalue weighted by atomic mass is 10.2. The first-order valence-corrected chi connectivity index (χ1v) is 7.32. The summed E-state index contributed by atoms with van der Waals surface area (Å²) in [6.45, 7) is 7.72. The van der Waals surface area contributed by atoms with Crippen LogP contribution in [0.4, 0.5) is 0 Å². The third kappa shape index (κ3) is 3.10. The van der Waals surface area contributed by atoms with Crippen LogP contribution in [0.25, 0.3) is 11.0 Å². The van der Waals surface area contributed by atoms with Gasteiger partial charge in [-0.2, -0.15) is 0 Å². The fraction of sp³-hybridized carbons (Fsp3) is 0.533. The summed E-state index contributed by atoms with van der Waals surface area (Å²) in [4.78, 5) is 4.70. The van der Waals surface area contributed by atoms with E-state index in [1.807, 2.05) is 6.92 Å². The van der Waals surface area contributed by atoms with E-state index in [1.54, 1.807) is 0 Å². The number of imidazole rings is 1. The van der Waals surface area contributed by atoms with Crippen molar-refractivity contribution >= 4 is 22.6 Å². The molecule has 1 heterocycles. The number of fused-ring (bicyclic) bond motifs is 1. The number of rotatable bonds is 6. The third-order valence-corrected chi connectivity index (χ3v) is 3.43. The average Bonchev–Trinajstić information content (AvgIpc) is 2.73. The minimum atomic E-state index is 0.268. The summed E-state index contributed by atoms with van der Waals surface area (Å²) in [5.74, 6) is 1.63. The molecular weight excluding hydrogens is 260 g/mol. The summed E-state index contributed by atoms with van der Waals surface area (Å²) in [7, 11) is 0. The van der Waals surface area contributed by atoms with Crippen LogP contribution in [0, 0.1) is 6.92 Å². The van der Waals surface area contributed by atoms with Gasteiger partial charge >= 0.3 is 0 Å². The van der Waals surface area contributed by atoms with Gasteiger partial charge in [-0.15, -0.1) is 11.6 Å². The Kier molecular flexibility index (Phi) is 4.83. The monoisotopic (exact) mass is 280 g/mol. The fourth-order valence-electron chi connectivity index (χ4n) is 2.37. The van der Waals surface area contributed by atoms with Gasteiger partial charge in [-0.1, -0.05) is 6.07 Å². The Morgan fingerprint density at radius 1 is 1.42 bits per heavy atom. The maximum absolute atomic E-state index is 5.89. The molecule has 0 spiro atoms. The molecule has 0 aliphatic heterocycles. The smallest absolute Gasteiger partial charge is 0.111 e. The Hall–Kier alpha value is -1.06. The van der Waals surface area contributed by atoms with Crippen LogP contribution in [0.5, 0.6) is 0 Å². The highest BCUT2D eigenvalue weighted by Gasteiger charge is 2.15. The minimum absolute atomic E-state index is 0.268. The summed E-state index contributed by atoms with van der Waals surface area (Å²) in [6, 6.07) is 6.62. The Morgan fingerprint density at radius 2 is 2.21 bits per heavy atom. The van der Waals surface area contributed by atoms with E-state index < -0.39 is 0 Å². The zero-order valence-electron chi connectivity index (χ0n) is 11.8. The van der Waals surface area contributed by atoms with Crippen molar-refractivity contribution < 1.29 is 4.74 Å². The summed E-state index contributed by atoms with van der Waals surface area (Å²) >= 11 is 5.89. The van der Waals surface area contributed by atoms with E-state index in [2.05, 4.69) is 36.6 Å². The molecule has 4 heteroatoms. The van der Waals surface area contributed by atoms with Gasteiger partial charge in [0.25, 0.3) is 0 Å². The number of alkyl halides is 1. The second-order valence-electron chi connectivity index (χ2n) is 4.84. The van der Waals surface area contributed by atoms with Crippen LogP contribution >= 0.6 is 11.6 Å². The highest BCUT2D eigenvalue weighted by molar-refractivity contribution is 6.17. The molecule has 0 fully saturated rings. The van der Waals surface area contributed by atoms with Crippen LogP contribution < -0.4 is 0 Å². The van der Waals surface area contributed by atoms with Gasteiger partial charge in [0.2, 0.25) is 0 Å². The third-order valence-electron chi connectivity index (χ3n) is 3.24. The van der Waals surface area contributed by atoms with Crippen LogP contribution in [0.3, 0.4) is 0 Å². The highest BCUT2D eigenvalue weighted by Crippen LogP contribution is 2.23. The number of hydrogen-bond acceptors (Lipinski definition) is 2. The van der Waals surface area contributed by atoms with E-state index in [0.717, 1.165) is 24.4 Å². The molecular formula is C15H21ClN2O. The van der Waals surface area contributed by atoms with Crippen molar-refractivity contribution in [3.05, 3.63) is 29.6 Å². The standard InChI is InChI=1S/C15H21ClN2O/c1-4-19-10-12(3)18-14-9-11(2)5-6-13(14)17-15(18)7-8-16/h5-6,9,12H,4,7-8,10H2,1-3H3. The second-order valence-corrected chi connectivity index (χ2v) is 5.22. The molecule has 2 rings (SSSR count). The van der Waals surface area contributed by atoms with E-state index in [0.29, 0.717) is 12.5 Å².